The van der Waals surface area contributed by atoms with Crippen molar-refractivity contribution in [1.29, 1.82) is 0 Å². The molecule has 3 aliphatic heterocycles. The summed E-state index contributed by atoms with van der Waals surface area (Å²) in [7, 11) is 1.89. The van der Waals surface area contributed by atoms with Crippen LogP contribution in [-0.4, -0.2) is 63.6 Å². The van der Waals surface area contributed by atoms with Crippen LogP contribution in [0.25, 0.3) is 11.3 Å². The van der Waals surface area contributed by atoms with E-state index < -0.39 is 5.97 Å². The molecule has 38 heavy (non-hydrogen) atoms. The number of fused-ring (bicyclic) bond motifs is 2. The molecule has 1 aromatic heterocycles. The van der Waals surface area contributed by atoms with Crippen LogP contribution in [0, 0.1) is 6.92 Å². The number of aromatic carboxylic acids is 1. The SMILES string of the molecule is Cc1c(C(=O)O)cc(-c2cc3c(cc2C(=O)N2Cc4ccccc4C[C@H]2CN2CCCC2)CNCC3)n1C. The quantitative estimate of drug-likeness (QED) is 0.540. The van der Waals surface area contributed by atoms with Gasteiger partial charge < -0.3 is 24.8 Å². The molecule has 0 aliphatic carbocycles. The first kappa shape index (κ1) is 24.9. The van der Waals surface area contributed by atoms with E-state index in [0.717, 1.165) is 62.4 Å². The molecule has 6 rings (SSSR count). The number of carbonyl (C=O) groups is 2. The molecular weight excluding hydrogens is 476 g/mol. The highest BCUT2D eigenvalue weighted by molar-refractivity contribution is 6.02. The van der Waals surface area contributed by atoms with Gasteiger partial charge in [0, 0.05) is 55.2 Å². The maximum Gasteiger partial charge on any atom is 0.337 e. The van der Waals surface area contributed by atoms with Gasteiger partial charge in [0.1, 0.15) is 0 Å². The van der Waals surface area contributed by atoms with E-state index in [2.05, 4.69) is 51.5 Å². The maximum atomic E-state index is 14.6. The first-order valence-electron chi connectivity index (χ1n) is 13.8. The van der Waals surface area contributed by atoms with Crippen LogP contribution in [0.1, 0.15) is 61.5 Å². The molecule has 1 saturated heterocycles. The van der Waals surface area contributed by atoms with Crippen molar-refractivity contribution in [3.05, 3.63) is 81.5 Å². The molecular formula is C31H36N4O3. The van der Waals surface area contributed by atoms with Gasteiger partial charge in [0.25, 0.3) is 5.91 Å². The number of likely N-dealkylation sites (tertiary alicyclic amines) is 1. The van der Waals surface area contributed by atoms with Gasteiger partial charge in [-0.25, -0.2) is 4.79 Å². The summed E-state index contributed by atoms with van der Waals surface area (Å²) < 4.78 is 1.91. The van der Waals surface area contributed by atoms with Crippen molar-refractivity contribution < 1.29 is 14.7 Å². The number of aromatic nitrogens is 1. The van der Waals surface area contributed by atoms with E-state index in [0.29, 0.717) is 17.8 Å². The van der Waals surface area contributed by atoms with Gasteiger partial charge in [0.2, 0.25) is 0 Å². The van der Waals surface area contributed by atoms with Crippen molar-refractivity contribution in [3.63, 3.8) is 0 Å². The highest BCUT2D eigenvalue weighted by Gasteiger charge is 2.34. The molecule has 7 heteroatoms. The predicted octanol–water partition coefficient (Wildman–Crippen LogP) is 4.01. The number of hydrogen-bond donors (Lipinski definition) is 2. The topological polar surface area (TPSA) is 77.8 Å². The highest BCUT2D eigenvalue weighted by Crippen LogP contribution is 2.34. The lowest BCUT2D eigenvalue weighted by Gasteiger charge is -2.39. The molecule has 3 aliphatic rings. The number of benzene rings is 2. The number of amides is 1. The molecule has 198 valence electrons. The van der Waals surface area contributed by atoms with E-state index >= 15 is 0 Å². The Bertz CT molecular complexity index is 1400. The largest absolute Gasteiger partial charge is 0.478 e. The van der Waals surface area contributed by atoms with Gasteiger partial charge in [-0.15, -0.1) is 0 Å². The van der Waals surface area contributed by atoms with Crippen LogP contribution < -0.4 is 5.32 Å². The van der Waals surface area contributed by atoms with Crippen LogP contribution in [0.3, 0.4) is 0 Å². The molecule has 0 unspecified atom stereocenters. The van der Waals surface area contributed by atoms with Crippen molar-refractivity contribution in [1.82, 2.24) is 19.7 Å². The summed E-state index contributed by atoms with van der Waals surface area (Å²) in [6.07, 6.45) is 4.18. The first-order chi connectivity index (χ1) is 18.4. The second-order valence-corrected chi connectivity index (χ2v) is 11.1. The Morgan fingerprint density at radius 1 is 1.00 bits per heavy atom. The Hall–Kier alpha value is -3.42. The van der Waals surface area contributed by atoms with E-state index in [1.54, 1.807) is 6.07 Å². The molecule has 0 bridgehead atoms. The molecule has 1 fully saturated rings. The molecule has 3 aromatic rings. The minimum absolute atomic E-state index is 0.0304. The Labute approximate surface area is 224 Å². The van der Waals surface area contributed by atoms with Crippen molar-refractivity contribution in [2.75, 3.05) is 26.2 Å². The minimum atomic E-state index is -0.947. The summed E-state index contributed by atoms with van der Waals surface area (Å²) in [5.41, 5.74) is 8.15. The zero-order chi connectivity index (χ0) is 26.4. The zero-order valence-corrected chi connectivity index (χ0v) is 22.3. The second kappa shape index (κ2) is 10.0. The number of rotatable bonds is 5. The summed E-state index contributed by atoms with van der Waals surface area (Å²) in [4.78, 5) is 31.1. The smallest absolute Gasteiger partial charge is 0.337 e. The molecule has 0 spiro atoms. The molecule has 1 amide bonds. The van der Waals surface area contributed by atoms with Crippen molar-refractivity contribution >= 4 is 11.9 Å². The van der Waals surface area contributed by atoms with Gasteiger partial charge in [-0.3, -0.25) is 4.79 Å². The third kappa shape index (κ3) is 4.44. The van der Waals surface area contributed by atoms with Crippen LogP contribution in [-0.2, 0) is 33.0 Å². The fourth-order valence-electron chi connectivity index (χ4n) is 6.50. The summed E-state index contributed by atoms with van der Waals surface area (Å²) in [6, 6.07) is 14.5. The molecule has 2 N–H and O–H groups in total. The standard InChI is InChI=1S/C31H36N4O3/c1-20-26(31(37)38)16-29(33(20)2)27-14-22-9-10-32-17-24(22)15-28(27)30(36)35-18-23-8-4-3-7-21(23)13-25(35)19-34-11-5-6-12-34/h3-4,7-8,14-16,25,32H,5-6,9-13,17-19H2,1-2H3,(H,37,38)/t25-/m0/s1. The van der Waals surface area contributed by atoms with Gasteiger partial charge in [0.15, 0.2) is 0 Å². The average molecular weight is 513 g/mol. The molecule has 0 saturated carbocycles. The molecule has 7 nitrogen and oxygen atoms in total. The lowest BCUT2D eigenvalue weighted by Crippen LogP contribution is -2.49. The number of hydrogen-bond acceptors (Lipinski definition) is 4. The van der Waals surface area contributed by atoms with E-state index in [4.69, 9.17) is 0 Å². The summed E-state index contributed by atoms with van der Waals surface area (Å²) in [6.45, 7) is 7.12. The Morgan fingerprint density at radius 2 is 1.76 bits per heavy atom. The summed E-state index contributed by atoms with van der Waals surface area (Å²) in [5.74, 6) is -0.916. The zero-order valence-electron chi connectivity index (χ0n) is 22.3. The number of carboxylic acid groups (broad SMARTS) is 1. The Morgan fingerprint density at radius 3 is 2.50 bits per heavy atom. The van der Waals surface area contributed by atoms with Crippen molar-refractivity contribution in [2.24, 2.45) is 7.05 Å². The summed E-state index contributed by atoms with van der Waals surface area (Å²) in [5, 5.41) is 13.2. The van der Waals surface area contributed by atoms with Crippen molar-refractivity contribution in [2.45, 2.75) is 51.7 Å². The number of nitrogens with zero attached hydrogens (tertiary/aromatic N) is 3. The lowest BCUT2D eigenvalue weighted by atomic mass is 9.89. The van der Waals surface area contributed by atoms with Gasteiger partial charge in [-0.1, -0.05) is 24.3 Å². The fourth-order valence-corrected chi connectivity index (χ4v) is 6.50. The van der Waals surface area contributed by atoms with Crippen molar-refractivity contribution in [3.8, 4) is 11.3 Å². The number of carboxylic acids is 1. The first-order valence-corrected chi connectivity index (χ1v) is 13.8. The van der Waals surface area contributed by atoms with Gasteiger partial charge in [-0.05, 0) is 92.7 Å². The lowest BCUT2D eigenvalue weighted by molar-refractivity contribution is 0.0594. The second-order valence-electron chi connectivity index (χ2n) is 11.1. The predicted molar refractivity (Wildman–Crippen MR) is 147 cm³/mol. The Kier molecular flexibility index (Phi) is 6.58. The van der Waals surface area contributed by atoms with Crippen LogP contribution in [0.4, 0.5) is 0 Å². The van der Waals surface area contributed by atoms with Gasteiger partial charge >= 0.3 is 5.97 Å². The third-order valence-corrected chi connectivity index (χ3v) is 8.78. The normalized spacial score (nSPS) is 19.3. The van der Waals surface area contributed by atoms with E-state index in [-0.39, 0.29) is 17.5 Å². The molecule has 1 atom stereocenters. The van der Waals surface area contributed by atoms with Crippen LogP contribution in [0.15, 0.2) is 42.5 Å². The minimum Gasteiger partial charge on any atom is -0.478 e. The van der Waals surface area contributed by atoms with E-state index in [9.17, 15) is 14.7 Å². The molecule has 2 aromatic carbocycles. The average Bonchev–Trinajstić information content (AvgIpc) is 3.55. The van der Waals surface area contributed by atoms with Gasteiger partial charge in [0.05, 0.1) is 5.56 Å². The monoisotopic (exact) mass is 512 g/mol. The van der Waals surface area contributed by atoms with Crippen LogP contribution >= 0.6 is 0 Å². The fraction of sp³-hybridized carbons (Fsp3) is 0.419. The third-order valence-electron chi connectivity index (χ3n) is 8.78. The Balaban J connectivity index is 1.45. The van der Waals surface area contributed by atoms with E-state index in [1.165, 1.54) is 29.5 Å². The maximum absolute atomic E-state index is 14.6. The number of carbonyl (C=O) groups excluding carboxylic acids is 1. The van der Waals surface area contributed by atoms with Crippen LogP contribution in [0.5, 0.6) is 0 Å². The van der Waals surface area contributed by atoms with E-state index in [1.807, 2.05) is 18.5 Å². The highest BCUT2D eigenvalue weighted by atomic mass is 16.4. The molecule has 0 radical (unpaired) electrons. The molecule has 4 heterocycles. The van der Waals surface area contributed by atoms with Gasteiger partial charge in [-0.2, -0.15) is 0 Å². The summed E-state index contributed by atoms with van der Waals surface area (Å²) >= 11 is 0. The number of nitrogens with one attached hydrogen (secondary N) is 1. The van der Waals surface area contributed by atoms with Crippen LogP contribution in [0.2, 0.25) is 0 Å².